The molecule has 2 aromatic rings. The van der Waals surface area contributed by atoms with Crippen molar-refractivity contribution in [3.05, 3.63) is 40.0 Å². The Hall–Kier alpha value is -1.50. The lowest BCUT2D eigenvalue weighted by Gasteiger charge is -2.32. The summed E-state index contributed by atoms with van der Waals surface area (Å²) in [6.07, 6.45) is 1.29. The van der Waals surface area contributed by atoms with Crippen LogP contribution in [0.1, 0.15) is 12.8 Å². The Bertz CT molecular complexity index is 630. The molecule has 3 heterocycles. The summed E-state index contributed by atoms with van der Waals surface area (Å²) in [7, 11) is 0. The Kier molecular flexibility index (Phi) is 3.69. The van der Waals surface area contributed by atoms with E-state index >= 15 is 0 Å². The Labute approximate surface area is 120 Å². The molecular weight excluding hydrogens is 274 g/mol. The lowest BCUT2D eigenvalue weighted by molar-refractivity contribution is -0.00934. The van der Waals surface area contributed by atoms with E-state index in [4.69, 9.17) is 0 Å². The SMILES string of the molecule is O=c1ccc(-c2cccs2)nn1CC1(O)CCNCC1. The number of aromatic nitrogens is 2. The van der Waals surface area contributed by atoms with Crippen molar-refractivity contribution in [2.75, 3.05) is 13.1 Å². The molecule has 1 fully saturated rings. The summed E-state index contributed by atoms with van der Waals surface area (Å²) in [6.45, 7) is 1.80. The molecule has 1 aliphatic heterocycles. The fourth-order valence-electron chi connectivity index (χ4n) is 2.45. The van der Waals surface area contributed by atoms with E-state index in [1.165, 1.54) is 10.7 Å². The first-order chi connectivity index (χ1) is 9.66. The molecule has 3 rings (SSSR count). The highest BCUT2D eigenvalue weighted by molar-refractivity contribution is 7.13. The number of nitrogens with one attached hydrogen (secondary N) is 1. The third-order valence-corrected chi connectivity index (χ3v) is 4.51. The van der Waals surface area contributed by atoms with Crippen LogP contribution in [0, 0.1) is 0 Å². The first-order valence-electron chi connectivity index (χ1n) is 6.71. The number of hydrogen-bond donors (Lipinski definition) is 2. The molecule has 20 heavy (non-hydrogen) atoms. The highest BCUT2D eigenvalue weighted by atomic mass is 32.1. The molecule has 2 N–H and O–H groups in total. The number of thiophene rings is 1. The van der Waals surface area contributed by atoms with E-state index in [-0.39, 0.29) is 12.1 Å². The number of piperidine rings is 1. The van der Waals surface area contributed by atoms with Crippen LogP contribution in [0.15, 0.2) is 34.4 Å². The second kappa shape index (κ2) is 5.47. The van der Waals surface area contributed by atoms with Crippen molar-refractivity contribution in [2.24, 2.45) is 0 Å². The lowest BCUT2D eigenvalue weighted by Crippen LogP contribution is -2.46. The minimum absolute atomic E-state index is 0.169. The minimum Gasteiger partial charge on any atom is -0.388 e. The van der Waals surface area contributed by atoms with Crippen LogP contribution in [0.5, 0.6) is 0 Å². The molecule has 0 spiro atoms. The molecule has 0 atom stereocenters. The largest absolute Gasteiger partial charge is 0.388 e. The molecule has 1 aliphatic rings. The van der Waals surface area contributed by atoms with E-state index in [1.807, 2.05) is 17.5 Å². The third kappa shape index (κ3) is 2.82. The van der Waals surface area contributed by atoms with Crippen molar-refractivity contribution >= 4 is 11.3 Å². The van der Waals surface area contributed by atoms with Crippen molar-refractivity contribution in [1.82, 2.24) is 15.1 Å². The van der Waals surface area contributed by atoms with Gasteiger partial charge >= 0.3 is 0 Å². The summed E-state index contributed by atoms with van der Waals surface area (Å²) in [5.74, 6) is 0. The van der Waals surface area contributed by atoms with Crippen LogP contribution < -0.4 is 10.9 Å². The van der Waals surface area contributed by atoms with Gasteiger partial charge in [-0.25, -0.2) is 4.68 Å². The number of rotatable bonds is 3. The van der Waals surface area contributed by atoms with Crippen LogP contribution in [-0.2, 0) is 6.54 Å². The molecule has 1 saturated heterocycles. The van der Waals surface area contributed by atoms with Crippen molar-refractivity contribution < 1.29 is 5.11 Å². The van der Waals surface area contributed by atoms with E-state index in [9.17, 15) is 9.90 Å². The summed E-state index contributed by atoms with van der Waals surface area (Å²) < 4.78 is 1.39. The molecule has 0 radical (unpaired) electrons. The molecule has 5 nitrogen and oxygen atoms in total. The van der Waals surface area contributed by atoms with Crippen molar-refractivity contribution in [1.29, 1.82) is 0 Å². The number of nitrogens with zero attached hydrogens (tertiary/aromatic N) is 2. The Morgan fingerprint density at radius 2 is 2.15 bits per heavy atom. The lowest BCUT2D eigenvalue weighted by atomic mass is 9.92. The van der Waals surface area contributed by atoms with Gasteiger partial charge in [0.1, 0.15) is 5.69 Å². The van der Waals surface area contributed by atoms with E-state index in [2.05, 4.69) is 10.4 Å². The van der Waals surface area contributed by atoms with E-state index < -0.39 is 5.60 Å². The first kappa shape index (κ1) is 13.5. The average Bonchev–Trinajstić information content (AvgIpc) is 2.96. The van der Waals surface area contributed by atoms with Gasteiger partial charge in [0.2, 0.25) is 0 Å². The quantitative estimate of drug-likeness (QED) is 0.888. The van der Waals surface area contributed by atoms with Crippen LogP contribution in [0.2, 0.25) is 0 Å². The van der Waals surface area contributed by atoms with Crippen LogP contribution in [0.4, 0.5) is 0 Å². The van der Waals surface area contributed by atoms with Gasteiger partial charge in [0.05, 0.1) is 17.0 Å². The van der Waals surface area contributed by atoms with Crippen LogP contribution >= 0.6 is 11.3 Å². The summed E-state index contributed by atoms with van der Waals surface area (Å²) in [5, 5.41) is 20.1. The van der Waals surface area contributed by atoms with Crippen LogP contribution in [-0.4, -0.2) is 33.6 Å². The highest BCUT2D eigenvalue weighted by Gasteiger charge is 2.30. The molecule has 2 aromatic heterocycles. The van der Waals surface area contributed by atoms with E-state index in [0.717, 1.165) is 23.7 Å². The van der Waals surface area contributed by atoms with Gasteiger partial charge in [-0.3, -0.25) is 4.79 Å². The summed E-state index contributed by atoms with van der Waals surface area (Å²) in [6, 6.07) is 7.18. The number of hydrogen-bond acceptors (Lipinski definition) is 5. The fourth-order valence-corrected chi connectivity index (χ4v) is 3.14. The normalized spacial score (nSPS) is 18.1. The molecule has 0 aliphatic carbocycles. The highest BCUT2D eigenvalue weighted by Crippen LogP contribution is 2.22. The zero-order chi connectivity index (χ0) is 14.0. The zero-order valence-electron chi connectivity index (χ0n) is 11.1. The van der Waals surface area contributed by atoms with Gasteiger partial charge in [0, 0.05) is 6.07 Å². The van der Waals surface area contributed by atoms with Gasteiger partial charge in [-0.2, -0.15) is 5.10 Å². The van der Waals surface area contributed by atoms with Gasteiger partial charge in [-0.1, -0.05) is 6.07 Å². The molecule has 0 amide bonds. The monoisotopic (exact) mass is 291 g/mol. The number of aliphatic hydroxyl groups is 1. The summed E-state index contributed by atoms with van der Waals surface area (Å²) >= 11 is 1.59. The van der Waals surface area contributed by atoms with Gasteiger partial charge in [0.25, 0.3) is 5.56 Å². The minimum atomic E-state index is -0.837. The second-order valence-electron chi connectivity index (χ2n) is 5.17. The maximum atomic E-state index is 11.9. The third-order valence-electron chi connectivity index (χ3n) is 3.62. The molecule has 6 heteroatoms. The molecular formula is C14H17N3O2S. The van der Waals surface area contributed by atoms with Gasteiger partial charge in [-0.05, 0) is 43.4 Å². The van der Waals surface area contributed by atoms with Gasteiger partial charge in [-0.15, -0.1) is 11.3 Å². The molecule has 0 unspecified atom stereocenters. The Morgan fingerprint density at radius 3 is 2.85 bits per heavy atom. The molecule has 106 valence electrons. The van der Waals surface area contributed by atoms with Crippen LogP contribution in [0.3, 0.4) is 0 Å². The standard InChI is InChI=1S/C14H17N3O2S/c18-13-4-3-11(12-2-1-9-20-12)16-17(13)10-14(19)5-7-15-8-6-14/h1-4,9,15,19H,5-8,10H2. The predicted molar refractivity (Wildman–Crippen MR) is 78.9 cm³/mol. The average molecular weight is 291 g/mol. The Morgan fingerprint density at radius 1 is 1.35 bits per heavy atom. The maximum Gasteiger partial charge on any atom is 0.266 e. The predicted octanol–water partition coefficient (Wildman–Crippen LogP) is 1.09. The fraction of sp³-hybridized carbons (Fsp3) is 0.429. The van der Waals surface area contributed by atoms with Gasteiger partial charge < -0.3 is 10.4 Å². The van der Waals surface area contributed by atoms with Crippen LogP contribution in [0.25, 0.3) is 10.6 Å². The maximum absolute atomic E-state index is 11.9. The van der Waals surface area contributed by atoms with E-state index in [1.54, 1.807) is 17.4 Å². The first-order valence-corrected chi connectivity index (χ1v) is 7.59. The smallest absolute Gasteiger partial charge is 0.266 e. The van der Waals surface area contributed by atoms with E-state index in [0.29, 0.717) is 12.8 Å². The van der Waals surface area contributed by atoms with Crippen molar-refractivity contribution in [3.8, 4) is 10.6 Å². The summed E-state index contributed by atoms with van der Waals surface area (Å²) in [5.41, 5.74) is -0.231. The molecule has 0 aromatic carbocycles. The van der Waals surface area contributed by atoms with Gasteiger partial charge in [0.15, 0.2) is 0 Å². The topological polar surface area (TPSA) is 67.2 Å². The Balaban J connectivity index is 1.89. The van der Waals surface area contributed by atoms with Crippen molar-refractivity contribution in [2.45, 2.75) is 25.0 Å². The molecule has 0 saturated carbocycles. The zero-order valence-corrected chi connectivity index (χ0v) is 11.9. The second-order valence-corrected chi connectivity index (χ2v) is 6.11. The van der Waals surface area contributed by atoms with Crippen molar-refractivity contribution in [3.63, 3.8) is 0 Å². The molecule has 0 bridgehead atoms. The summed E-state index contributed by atoms with van der Waals surface area (Å²) in [4.78, 5) is 13.0.